The molecule has 0 atom stereocenters. The molecule has 1 heterocycles. The quantitative estimate of drug-likeness (QED) is 0.847. The number of pyridine rings is 1. The van der Waals surface area contributed by atoms with Crippen LogP contribution in [-0.4, -0.2) is 16.1 Å². The highest BCUT2D eigenvalue weighted by atomic mass is 16.4. The van der Waals surface area contributed by atoms with Crippen LogP contribution in [0, 0.1) is 6.92 Å². The molecular weight excluding hydrogens is 216 g/mol. The van der Waals surface area contributed by atoms with Crippen LogP contribution in [-0.2, 0) is 0 Å². The predicted molar refractivity (Wildman–Crippen MR) is 65.7 cm³/mol. The first-order chi connectivity index (χ1) is 8.16. The van der Waals surface area contributed by atoms with Crippen LogP contribution >= 0.6 is 0 Å². The minimum atomic E-state index is -1.04. The Bertz CT molecular complexity index is 538. The molecule has 0 spiro atoms. The average Bonchev–Trinajstić information content (AvgIpc) is 2.32. The summed E-state index contributed by atoms with van der Waals surface area (Å²) in [5.41, 5.74) is 2.05. The molecule has 0 aliphatic carbocycles. The highest BCUT2D eigenvalue weighted by Gasteiger charge is 2.11. The molecule has 0 saturated heterocycles. The molecule has 4 heteroatoms. The molecule has 86 valence electrons. The van der Waals surface area contributed by atoms with Crippen molar-refractivity contribution < 1.29 is 9.90 Å². The summed E-state index contributed by atoms with van der Waals surface area (Å²) >= 11 is 0. The van der Waals surface area contributed by atoms with E-state index in [0.29, 0.717) is 11.4 Å². The van der Waals surface area contributed by atoms with E-state index in [1.54, 1.807) is 19.1 Å². The zero-order valence-electron chi connectivity index (χ0n) is 9.34. The summed E-state index contributed by atoms with van der Waals surface area (Å²) in [6.07, 6.45) is 0. The van der Waals surface area contributed by atoms with Gasteiger partial charge in [-0.3, -0.25) is 0 Å². The highest BCUT2D eigenvalue weighted by Crippen LogP contribution is 2.19. The maximum atomic E-state index is 11.1. The summed E-state index contributed by atoms with van der Waals surface area (Å²) in [5.74, 6) is -1.04. The fraction of sp³-hybridized carbons (Fsp3) is 0.0769. The second-order valence-corrected chi connectivity index (χ2v) is 3.64. The fourth-order valence-electron chi connectivity index (χ4n) is 1.50. The Hall–Kier alpha value is -2.36. The molecule has 2 aromatic rings. The van der Waals surface area contributed by atoms with E-state index < -0.39 is 5.97 Å². The van der Waals surface area contributed by atoms with Crippen molar-refractivity contribution in [3.05, 3.63) is 53.9 Å². The van der Waals surface area contributed by atoms with Crippen LogP contribution < -0.4 is 5.32 Å². The summed E-state index contributed by atoms with van der Waals surface area (Å²) in [6.45, 7) is 1.76. The fourth-order valence-corrected chi connectivity index (χ4v) is 1.50. The van der Waals surface area contributed by atoms with Crippen LogP contribution in [0.3, 0.4) is 0 Å². The molecule has 1 aromatic heterocycles. The number of para-hydroxylation sites is 1. The number of carboxylic acid groups (broad SMARTS) is 1. The van der Waals surface area contributed by atoms with Crippen LogP contribution in [0.4, 0.5) is 11.4 Å². The Labute approximate surface area is 98.9 Å². The lowest BCUT2D eigenvalue weighted by atomic mass is 10.2. The molecule has 0 bridgehead atoms. The van der Waals surface area contributed by atoms with Crippen LogP contribution in [0.25, 0.3) is 0 Å². The minimum absolute atomic E-state index is 0.0360. The number of aromatic carboxylic acids is 1. The topological polar surface area (TPSA) is 62.2 Å². The van der Waals surface area contributed by atoms with Gasteiger partial charge in [-0.2, -0.15) is 0 Å². The van der Waals surface area contributed by atoms with Gasteiger partial charge in [-0.05, 0) is 31.2 Å². The molecule has 0 aliphatic rings. The lowest BCUT2D eigenvalue weighted by molar-refractivity contribution is 0.0691. The third-order valence-electron chi connectivity index (χ3n) is 2.29. The van der Waals surface area contributed by atoms with Crippen LogP contribution in [0.15, 0.2) is 42.5 Å². The number of benzene rings is 1. The van der Waals surface area contributed by atoms with E-state index in [9.17, 15) is 4.79 Å². The number of hydrogen-bond acceptors (Lipinski definition) is 3. The maximum Gasteiger partial charge on any atom is 0.356 e. The first-order valence-corrected chi connectivity index (χ1v) is 5.20. The van der Waals surface area contributed by atoms with Crippen LogP contribution in [0.1, 0.15) is 16.2 Å². The molecule has 0 fully saturated rings. The van der Waals surface area contributed by atoms with E-state index in [0.717, 1.165) is 5.69 Å². The second kappa shape index (κ2) is 4.65. The first-order valence-electron chi connectivity index (χ1n) is 5.20. The third-order valence-corrected chi connectivity index (χ3v) is 2.29. The van der Waals surface area contributed by atoms with Gasteiger partial charge in [-0.15, -0.1) is 0 Å². The summed E-state index contributed by atoms with van der Waals surface area (Å²) in [6, 6.07) is 12.9. The molecule has 4 nitrogen and oxygen atoms in total. The number of hydrogen-bond donors (Lipinski definition) is 2. The number of aromatic nitrogens is 1. The van der Waals surface area contributed by atoms with Crippen molar-refractivity contribution in [2.75, 3.05) is 5.32 Å². The Morgan fingerprint density at radius 2 is 1.88 bits per heavy atom. The van der Waals surface area contributed by atoms with Gasteiger partial charge in [0.1, 0.15) is 0 Å². The van der Waals surface area contributed by atoms with Gasteiger partial charge < -0.3 is 10.4 Å². The number of carboxylic acids is 1. The Balaban J connectivity index is 2.36. The highest BCUT2D eigenvalue weighted by molar-refractivity contribution is 5.93. The van der Waals surface area contributed by atoms with Gasteiger partial charge in [0.15, 0.2) is 5.69 Å². The molecule has 0 radical (unpaired) electrons. The van der Waals surface area contributed by atoms with E-state index in [1.165, 1.54) is 0 Å². The molecule has 17 heavy (non-hydrogen) atoms. The smallest absolute Gasteiger partial charge is 0.356 e. The minimum Gasteiger partial charge on any atom is -0.476 e. The second-order valence-electron chi connectivity index (χ2n) is 3.64. The van der Waals surface area contributed by atoms with Gasteiger partial charge in [0.05, 0.1) is 5.69 Å². The lowest BCUT2D eigenvalue weighted by Crippen LogP contribution is -2.06. The van der Waals surface area contributed by atoms with Crippen molar-refractivity contribution in [2.45, 2.75) is 6.92 Å². The van der Waals surface area contributed by atoms with Crippen molar-refractivity contribution in [3.8, 4) is 0 Å². The van der Waals surface area contributed by atoms with Crippen LogP contribution in [0.2, 0.25) is 0 Å². The summed E-state index contributed by atoms with van der Waals surface area (Å²) in [5, 5.41) is 12.1. The number of aryl methyl sites for hydroxylation is 1. The number of rotatable bonds is 3. The van der Waals surface area contributed by atoms with E-state index in [2.05, 4.69) is 10.3 Å². The standard InChI is InChI=1S/C13H12N2O2/c1-9-7-8-11(12(14-9)13(16)17)15-10-5-3-2-4-6-10/h2-8,15H,1H3,(H,16,17). The Kier molecular flexibility index (Phi) is 3.05. The van der Waals surface area contributed by atoms with Crippen molar-refractivity contribution in [3.63, 3.8) is 0 Å². The molecule has 1 aromatic carbocycles. The van der Waals surface area contributed by atoms with Crippen molar-refractivity contribution in [2.24, 2.45) is 0 Å². The zero-order valence-corrected chi connectivity index (χ0v) is 9.34. The normalized spacial score (nSPS) is 9.94. The number of anilines is 2. The largest absolute Gasteiger partial charge is 0.476 e. The zero-order chi connectivity index (χ0) is 12.3. The molecule has 2 rings (SSSR count). The maximum absolute atomic E-state index is 11.1. The molecule has 0 saturated carbocycles. The number of carbonyl (C=O) groups is 1. The lowest BCUT2D eigenvalue weighted by Gasteiger charge is -2.09. The summed E-state index contributed by atoms with van der Waals surface area (Å²) in [4.78, 5) is 15.1. The number of nitrogens with zero attached hydrogens (tertiary/aromatic N) is 1. The molecule has 0 aliphatic heterocycles. The van der Waals surface area contributed by atoms with Crippen molar-refractivity contribution in [1.82, 2.24) is 4.98 Å². The number of nitrogens with one attached hydrogen (secondary N) is 1. The van der Waals surface area contributed by atoms with Gasteiger partial charge in [-0.25, -0.2) is 9.78 Å². The Morgan fingerprint density at radius 3 is 2.53 bits per heavy atom. The van der Waals surface area contributed by atoms with Gasteiger partial charge in [0, 0.05) is 11.4 Å². The molecule has 0 unspecified atom stereocenters. The van der Waals surface area contributed by atoms with Gasteiger partial charge in [0.2, 0.25) is 0 Å². The Morgan fingerprint density at radius 1 is 1.18 bits per heavy atom. The van der Waals surface area contributed by atoms with E-state index in [4.69, 9.17) is 5.11 Å². The first kappa shape index (κ1) is 11.1. The third kappa shape index (κ3) is 2.60. The molecular formula is C13H12N2O2. The predicted octanol–water partition coefficient (Wildman–Crippen LogP) is 2.83. The van der Waals surface area contributed by atoms with Crippen molar-refractivity contribution >= 4 is 17.3 Å². The average molecular weight is 228 g/mol. The molecule has 2 N–H and O–H groups in total. The van der Waals surface area contributed by atoms with E-state index in [1.807, 2.05) is 30.3 Å². The monoisotopic (exact) mass is 228 g/mol. The van der Waals surface area contributed by atoms with E-state index in [-0.39, 0.29) is 5.69 Å². The SMILES string of the molecule is Cc1ccc(Nc2ccccc2)c(C(=O)O)n1. The van der Waals surface area contributed by atoms with Crippen molar-refractivity contribution in [1.29, 1.82) is 0 Å². The molecule has 0 amide bonds. The van der Waals surface area contributed by atoms with Gasteiger partial charge >= 0.3 is 5.97 Å². The van der Waals surface area contributed by atoms with E-state index >= 15 is 0 Å². The van der Waals surface area contributed by atoms with Gasteiger partial charge in [0.25, 0.3) is 0 Å². The summed E-state index contributed by atoms with van der Waals surface area (Å²) in [7, 11) is 0. The summed E-state index contributed by atoms with van der Waals surface area (Å²) < 4.78 is 0. The van der Waals surface area contributed by atoms with Gasteiger partial charge in [-0.1, -0.05) is 18.2 Å². The van der Waals surface area contributed by atoms with Crippen LogP contribution in [0.5, 0.6) is 0 Å².